The van der Waals surface area contributed by atoms with E-state index < -0.39 is 17.6 Å². The number of fused-ring (bicyclic) bond motifs is 2. The van der Waals surface area contributed by atoms with Gasteiger partial charge in [-0.05, 0) is 68.9 Å². The van der Waals surface area contributed by atoms with E-state index in [1.54, 1.807) is 31.1 Å². The van der Waals surface area contributed by atoms with Gasteiger partial charge in [0, 0.05) is 31.3 Å². The van der Waals surface area contributed by atoms with Crippen molar-refractivity contribution in [3.05, 3.63) is 48.4 Å². The lowest BCUT2D eigenvalue weighted by atomic mass is 9.82. The van der Waals surface area contributed by atoms with Gasteiger partial charge in [0.25, 0.3) is 0 Å². The highest BCUT2D eigenvalue weighted by molar-refractivity contribution is 6.06. The maximum absolute atomic E-state index is 13.6. The minimum Gasteiger partial charge on any atom is -0.493 e. The Labute approximate surface area is 323 Å². The number of carbonyl (C=O) groups excluding carboxylic acids is 3. The van der Waals surface area contributed by atoms with Crippen molar-refractivity contribution in [3.8, 4) is 45.8 Å². The monoisotopic (exact) mass is 767 g/mol. The van der Waals surface area contributed by atoms with Crippen LogP contribution in [-0.4, -0.2) is 101 Å². The molecule has 294 valence electrons. The first kappa shape index (κ1) is 36.9. The highest BCUT2D eigenvalue weighted by Gasteiger charge is 2.42. The Hall–Kier alpha value is -6.06. The number of aromatic nitrogens is 3. The number of methoxy groups -OCH3 is 2. The summed E-state index contributed by atoms with van der Waals surface area (Å²) in [6.07, 6.45) is 5.89. The molecule has 0 bridgehead atoms. The second kappa shape index (κ2) is 14.9. The second-order valence-corrected chi connectivity index (χ2v) is 15.2. The topological polar surface area (TPSA) is 179 Å². The molecule has 0 radical (unpaired) electrons. The van der Waals surface area contributed by atoms with Crippen LogP contribution in [0.1, 0.15) is 58.4 Å². The summed E-state index contributed by atoms with van der Waals surface area (Å²) < 4.78 is 34.2. The van der Waals surface area contributed by atoms with E-state index in [4.69, 9.17) is 33.5 Å². The SMILES string of the molecule is COc1ccc(C2=NN(C3CCN(C(=O)[C@@H](C)NC(=O)Oc4c[nH]c5c(-c6c(OCC7CC7)ccc7c6OCO7)ncnc45)CC3)C(=O)C(C)(C)C2)cc1OC. The van der Waals surface area contributed by atoms with E-state index in [-0.39, 0.29) is 30.4 Å². The molecule has 2 N–H and O–H groups in total. The molecule has 16 heteroatoms. The van der Waals surface area contributed by atoms with Gasteiger partial charge in [-0.15, -0.1) is 0 Å². The third kappa shape index (κ3) is 7.10. The summed E-state index contributed by atoms with van der Waals surface area (Å²) in [5.41, 5.74) is 2.95. The number of hydrogen-bond acceptors (Lipinski definition) is 12. The summed E-state index contributed by atoms with van der Waals surface area (Å²) >= 11 is 0. The summed E-state index contributed by atoms with van der Waals surface area (Å²) in [5.74, 6) is 3.26. The predicted molar refractivity (Wildman–Crippen MR) is 203 cm³/mol. The number of H-pyrrole nitrogens is 1. The zero-order chi connectivity index (χ0) is 39.1. The summed E-state index contributed by atoms with van der Waals surface area (Å²) in [5, 5.41) is 9.10. The van der Waals surface area contributed by atoms with Crippen molar-refractivity contribution >= 4 is 34.7 Å². The number of aromatic amines is 1. The smallest absolute Gasteiger partial charge is 0.413 e. The van der Waals surface area contributed by atoms with Crippen molar-refractivity contribution in [2.24, 2.45) is 16.4 Å². The van der Waals surface area contributed by atoms with Crippen LogP contribution in [0, 0.1) is 11.3 Å². The largest absolute Gasteiger partial charge is 0.493 e. The van der Waals surface area contributed by atoms with Gasteiger partial charge in [-0.3, -0.25) is 9.59 Å². The van der Waals surface area contributed by atoms with Crippen LogP contribution in [0.3, 0.4) is 0 Å². The molecule has 3 amide bonds. The van der Waals surface area contributed by atoms with Crippen LogP contribution in [0.15, 0.2) is 48.0 Å². The Morgan fingerprint density at radius 1 is 1.00 bits per heavy atom. The van der Waals surface area contributed by atoms with Gasteiger partial charge in [0.15, 0.2) is 28.7 Å². The zero-order valence-electron chi connectivity index (χ0n) is 32.0. The number of hydrogen-bond donors (Lipinski definition) is 2. The number of likely N-dealkylation sites (tertiary alicyclic amines) is 1. The number of amides is 3. The molecule has 2 aromatic carbocycles. The molecule has 1 atom stereocenters. The Morgan fingerprint density at radius 3 is 2.52 bits per heavy atom. The van der Waals surface area contributed by atoms with Crippen molar-refractivity contribution in [2.75, 3.05) is 40.7 Å². The molecule has 1 aliphatic carbocycles. The fraction of sp³-hybridized carbons (Fsp3) is 0.450. The van der Waals surface area contributed by atoms with E-state index in [1.165, 1.54) is 12.5 Å². The van der Waals surface area contributed by atoms with Gasteiger partial charge in [0.1, 0.15) is 29.3 Å². The third-order valence-corrected chi connectivity index (χ3v) is 10.7. The summed E-state index contributed by atoms with van der Waals surface area (Å²) in [7, 11) is 3.16. The third-order valence-electron chi connectivity index (χ3n) is 10.7. The van der Waals surface area contributed by atoms with Crippen molar-refractivity contribution in [1.29, 1.82) is 0 Å². The minimum atomic E-state index is -0.880. The van der Waals surface area contributed by atoms with Gasteiger partial charge in [0.05, 0.1) is 49.1 Å². The molecule has 2 fully saturated rings. The molecule has 1 saturated heterocycles. The number of carbonyl (C=O) groups is 3. The predicted octanol–water partition coefficient (Wildman–Crippen LogP) is 5.29. The molecule has 4 aliphatic rings. The Balaban J connectivity index is 0.912. The standard InChI is InChI=1S/C40H45N7O9/c1-22(37(48)46-14-12-25(13-15-46)47-38(49)40(2,3)17-26(45-47)24-8-9-27(51-4)30(16-24)52-5)44-39(50)56-31-18-41-35-33(31)42-20-43-34(35)32-28(53-19-23-6-7-23)10-11-29-36(32)55-21-54-29/h8-11,16,18,20,22-23,25,41H,6-7,12-15,17,19,21H2,1-5H3,(H,44,50)/t22-/m1/s1. The van der Waals surface area contributed by atoms with E-state index in [0.717, 1.165) is 24.1 Å². The normalized spacial score (nSPS) is 18.4. The number of ether oxygens (including phenoxy) is 6. The number of rotatable bonds is 11. The average Bonchev–Trinajstić information content (AvgIpc) is 3.76. The van der Waals surface area contributed by atoms with Gasteiger partial charge in [-0.2, -0.15) is 5.10 Å². The van der Waals surface area contributed by atoms with Crippen LogP contribution in [0.25, 0.3) is 22.3 Å². The highest BCUT2D eigenvalue weighted by atomic mass is 16.7. The number of hydrazone groups is 1. The lowest BCUT2D eigenvalue weighted by Gasteiger charge is -2.42. The molecule has 2 aromatic heterocycles. The Kier molecular flexibility index (Phi) is 9.80. The lowest BCUT2D eigenvalue weighted by molar-refractivity contribution is -0.145. The molecule has 3 aliphatic heterocycles. The zero-order valence-corrected chi connectivity index (χ0v) is 32.0. The highest BCUT2D eigenvalue weighted by Crippen LogP contribution is 2.48. The van der Waals surface area contributed by atoms with Gasteiger partial charge >= 0.3 is 6.09 Å². The molecule has 16 nitrogen and oxygen atoms in total. The van der Waals surface area contributed by atoms with E-state index in [1.807, 2.05) is 44.2 Å². The first-order valence-electron chi connectivity index (χ1n) is 18.8. The van der Waals surface area contributed by atoms with Gasteiger partial charge in [-0.1, -0.05) is 13.8 Å². The first-order chi connectivity index (χ1) is 27.0. The summed E-state index contributed by atoms with van der Waals surface area (Å²) in [6, 6.07) is 8.19. The maximum atomic E-state index is 13.6. The van der Waals surface area contributed by atoms with E-state index >= 15 is 0 Å². The maximum Gasteiger partial charge on any atom is 0.413 e. The van der Waals surface area contributed by atoms with E-state index in [9.17, 15) is 14.4 Å². The van der Waals surface area contributed by atoms with Gasteiger partial charge in [-0.25, -0.2) is 19.8 Å². The first-order valence-corrected chi connectivity index (χ1v) is 18.8. The van der Waals surface area contributed by atoms with Crippen LogP contribution in [0.5, 0.6) is 34.5 Å². The van der Waals surface area contributed by atoms with Gasteiger partial charge < -0.3 is 43.6 Å². The second-order valence-electron chi connectivity index (χ2n) is 15.2. The molecule has 56 heavy (non-hydrogen) atoms. The lowest BCUT2D eigenvalue weighted by Crippen LogP contribution is -2.55. The van der Waals surface area contributed by atoms with Crippen molar-refractivity contribution in [3.63, 3.8) is 0 Å². The van der Waals surface area contributed by atoms with Crippen molar-refractivity contribution in [2.45, 2.75) is 65.0 Å². The molecule has 8 rings (SSSR count). The number of nitrogens with one attached hydrogen (secondary N) is 2. The number of benzene rings is 2. The quantitative estimate of drug-likeness (QED) is 0.203. The molecular formula is C40H45N7O9. The Bertz CT molecular complexity index is 2210. The molecule has 0 spiro atoms. The molecule has 5 heterocycles. The molecule has 1 saturated carbocycles. The van der Waals surface area contributed by atoms with Crippen LogP contribution in [0.2, 0.25) is 0 Å². The molecular weight excluding hydrogens is 722 g/mol. The van der Waals surface area contributed by atoms with Gasteiger partial charge in [0.2, 0.25) is 18.6 Å². The van der Waals surface area contributed by atoms with E-state index in [2.05, 4.69) is 20.3 Å². The van der Waals surface area contributed by atoms with Crippen LogP contribution in [-0.2, 0) is 9.59 Å². The van der Waals surface area contributed by atoms with Crippen LogP contribution < -0.4 is 33.7 Å². The fourth-order valence-electron chi connectivity index (χ4n) is 7.38. The number of piperidine rings is 1. The molecule has 0 unspecified atom stereocenters. The van der Waals surface area contributed by atoms with Crippen LogP contribution in [0.4, 0.5) is 4.79 Å². The van der Waals surface area contributed by atoms with Crippen molar-refractivity contribution in [1.82, 2.24) is 30.2 Å². The van der Waals surface area contributed by atoms with Crippen molar-refractivity contribution < 1.29 is 42.8 Å². The summed E-state index contributed by atoms with van der Waals surface area (Å²) in [6.45, 7) is 6.90. The minimum absolute atomic E-state index is 0.0590. The number of nitrogens with zero attached hydrogens (tertiary/aromatic N) is 5. The Morgan fingerprint density at radius 2 is 1.77 bits per heavy atom. The summed E-state index contributed by atoms with van der Waals surface area (Å²) in [4.78, 5) is 54.1. The average molecular weight is 768 g/mol. The van der Waals surface area contributed by atoms with E-state index in [0.29, 0.717) is 95.9 Å². The van der Waals surface area contributed by atoms with Crippen LogP contribution >= 0.6 is 0 Å². The molecule has 4 aromatic rings. The fourth-order valence-corrected chi connectivity index (χ4v) is 7.38.